The van der Waals surface area contributed by atoms with E-state index in [0.717, 1.165) is 0 Å². The molecule has 1 saturated heterocycles. The van der Waals surface area contributed by atoms with Crippen LogP contribution in [-0.4, -0.2) is 68.1 Å². The van der Waals surface area contributed by atoms with Crippen molar-refractivity contribution in [2.45, 2.75) is 20.3 Å². The molecule has 1 aliphatic rings. The van der Waals surface area contributed by atoms with E-state index in [-0.39, 0.29) is 17.7 Å². The average Bonchev–Trinajstić information content (AvgIpc) is 2.55. The zero-order chi connectivity index (χ0) is 17.6. The number of hydrogen-bond donors (Lipinski definition) is 1. The third-order valence-electron chi connectivity index (χ3n) is 3.51. The van der Waals surface area contributed by atoms with Gasteiger partial charge >= 0.3 is 6.09 Å². The van der Waals surface area contributed by atoms with E-state index in [1.807, 2.05) is 4.90 Å². The molecule has 1 aromatic heterocycles. The molecule has 1 aromatic rings. The number of carbonyl (C=O) groups is 1. The van der Waals surface area contributed by atoms with Crippen molar-refractivity contribution >= 4 is 27.8 Å². The van der Waals surface area contributed by atoms with Gasteiger partial charge in [0.2, 0.25) is 10.0 Å². The van der Waals surface area contributed by atoms with Crippen molar-refractivity contribution in [3.8, 4) is 0 Å². The summed E-state index contributed by atoms with van der Waals surface area (Å²) in [6, 6.07) is 3.31. The van der Waals surface area contributed by atoms with Gasteiger partial charge in [0.1, 0.15) is 0 Å². The number of anilines is 2. The lowest BCUT2D eigenvalue weighted by Crippen LogP contribution is -2.49. The Hall–Kier alpha value is -2.10. The first-order valence-electron chi connectivity index (χ1n) is 7.96. The summed E-state index contributed by atoms with van der Waals surface area (Å²) in [7, 11) is -3.37. The van der Waals surface area contributed by atoms with Crippen molar-refractivity contribution in [1.29, 1.82) is 0 Å². The quantitative estimate of drug-likeness (QED) is 0.806. The molecule has 1 fully saturated rings. The van der Waals surface area contributed by atoms with Gasteiger partial charge in [0.15, 0.2) is 11.6 Å². The minimum Gasteiger partial charge on any atom is -0.450 e. The van der Waals surface area contributed by atoms with Gasteiger partial charge in [-0.15, -0.1) is 10.2 Å². The number of nitrogens with one attached hydrogen (secondary N) is 1. The highest BCUT2D eigenvalue weighted by atomic mass is 32.2. The van der Waals surface area contributed by atoms with E-state index in [9.17, 15) is 13.2 Å². The average molecular weight is 357 g/mol. The molecular weight excluding hydrogens is 334 g/mol. The highest BCUT2D eigenvalue weighted by Crippen LogP contribution is 2.15. The fraction of sp³-hybridized carbons (Fsp3) is 0.643. The lowest BCUT2D eigenvalue weighted by Gasteiger charge is -2.34. The van der Waals surface area contributed by atoms with Gasteiger partial charge in [-0.1, -0.05) is 6.92 Å². The molecule has 24 heavy (non-hydrogen) atoms. The Kier molecular flexibility index (Phi) is 6.18. The van der Waals surface area contributed by atoms with Crippen LogP contribution in [0.4, 0.5) is 16.4 Å². The van der Waals surface area contributed by atoms with Gasteiger partial charge in [0.05, 0.1) is 12.4 Å². The largest absolute Gasteiger partial charge is 0.450 e. The van der Waals surface area contributed by atoms with Crippen molar-refractivity contribution < 1.29 is 17.9 Å². The molecule has 1 N–H and O–H groups in total. The standard InChI is InChI=1S/C14H23N5O4S/c1-3-11-24(21,22)17-12-5-6-13(16-15-12)18-7-9-19(10-8-18)14(20)23-4-2/h5-6H,3-4,7-11H2,1-2H3,(H,15,17). The number of nitrogens with zero attached hydrogens (tertiary/aromatic N) is 4. The summed E-state index contributed by atoms with van der Waals surface area (Å²) in [5.41, 5.74) is 0. The highest BCUT2D eigenvalue weighted by Gasteiger charge is 2.23. The summed E-state index contributed by atoms with van der Waals surface area (Å²) in [6.07, 6.45) is 0.231. The van der Waals surface area contributed by atoms with Gasteiger partial charge in [-0.3, -0.25) is 4.72 Å². The lowest BCUT2D eigenvalue weighted by atomic mass is 10.3. The van der Waals surface area contributed by atoms with Crippen LogP contribution in [-0.2, 0) is 14.8 Å². The van der Waals surface area contributed by atoms with Crippen LogP contribution in [0.15, 0.2) is 12.1 Å². The second-order valence-corrected chi connectivity index (χ2v) is 7.21. The zero-order valence-electron chi connectivity index (χ0n) is 13.9. The number of carbonyl (C=O) groups excluding carboxylic acids is 1. The van der Waals surface area contributed by atoms with Crippen LogP contribution in [0.2, 0.25) is 0 Å². The van der Waals surface area contributed by atoms with Crippen LogP contribution in [0.1, 0.15) is 20.3 Å². The summed E-state index contributed by atoms with van der Waals surface area (Å²) in [6.45, 7) is 6.27. The molecule has 1 amide bonds. The molecule has 10 heteroatoms. The van der Waals surface area contributed by atoms with E-state index in [1.165, 1.54) is 0 Å². The van der Waals surface area contributed by atoms with Crippen LogP contribution in [0.3, 0.4) is 0 Å². The highest BCUT2D eigenvalue weighted by molar-refractivity contribution is 7.92. The third kappa shape index (κ3) is 4.95. The maximum absolute atomic E-state index is 11.7. The van der Waals surface area contributed by atoms with E-state index in [2.05, 4.69) is 14.9 Å². The smallest absolute Gasteiger partial charge is 0.409 e. The van der Waals surface area contributed by atoms with Crippen molar-refractivity contribution in [2.75, 3.05) is 48.2 Å². The van der Waals surface area contributed by atoms with Crippen LogP contribution in [0, 0.1) is 0 Å². The Labute approximate surface area is 142 Å². The minimum absolute atomic E-state index is 0.0479. The molecule has 0 aromatic carbocycles. The Balaban J connectivity index is 1.92. The van der Waals surface area contributed by atoms with Crippen molar-refractivity contribution in [1.82, 2.24) is 15.1 Å². The molecule has 2 rings (SSSR count). The topological polar surface area (TPSA) is 105 Å². The SMILES string of the molecule is CCCS(=O)(=O)Nc1ccc(N2CCN(C(=O)OCC)CC2)nn1. The molecule has 0 atom stereocenters. The van der Waals surface area contributed by atoms with E-state index in [0.29, 0.717) is 45.0 Å². The summed E-state index contributed by atoms with van der Waals surface area (Å²) in [5.74, 6) is 0.904. The third-order valence-corrected chi connectivity index (χ3v) is 4.98. The van der Waals surface area contributed by atoms with Crippen molar-refractivity contribution in [2.24, 2.45) is 0 Å². The molecule has 0 aliphatic carbocycles. The Morgan fingerprint density at radius 2 is 1.92 bits per heavy atom. The monoisotopic (exact) mass is 357 g/mol. The van der Waals surface area contributed by atoms with E-state index < -0.39 is 10.0 Å². The van der Waals surface area contributed by atoms with Crippen LogP contribution >= 0.6 is 0 Å². The molecule has 1 aliphatic heterocycles. The van der Waals surface area contributed by atoms with Gasteiger partial charge in [-0.25, -0.2) is 13.2 Å². The van der Waals surface area contributed by atoms with Crippen LogP contribution in [0.25, 0.3) is 0 Å². The summed E-state index contributed by atoms with van der Waals surface area (Å²) < 4.78 is 30.8. The first kappa shape index (κ1) is 18.2. The zero-order valence-corrected chi connectivity index (χ0v) is 14.8. The number of ether oxygens (including phenoxy) is 1. The molecule has 0 saturated carbocycles. The van der Waals surface area contributed by atoms with Crippen molar-refractivity contribution in [3.05, 3.63) is 12.1 Å². The number of sulfonamides is 1. The van der Waals surface area contributed by atoms with E-state index >= 15 is 0 Å². The first-order valence-corrected chi connectivity index (χ1v) is 9.61. The number of amides is 1. The second-order valence-electron chi connectivity index (χ2n) is 5.37. The van der Waals surface area contributed by atoms with Gasteiger partial charge in [-0.05, 0) is 25.5 Å². The molecule has 9 nitrogen and oxygen atoms in total. The summed E-state index contributed by atoms with van der Waals surface area (Å²) >= 11 is 0. The molecular formula is C14H23N5O4S. The van der Waals surface area contributed by atoms with Gasteiger partial charge < -0.3 is 14.5 Å². The van der Waals surface area contributed by atoms with Crippen molar-refractivity contribution in [3.63, 3.8) is 0 Å². The minimum atomic E-state index is -3.37. The Bertz CT molecular complexity index is 642. The van der Waals surface area contributed by atoms with Crippen LogP contribution < -0.4 is 9.62 Å². The molecule has 0 spiro atoms. The number of rotatable bonds is 6. The fourth-order valence-electron chi connectivity index (χ4n) is 2.36. The van der Waals surface area contributed by atoms with E-state index in [1.54, 1.807) is 30.9 Å². The lowest BCUT2D eigenvalue weighted by molar-refractivity contribution is 0.105. The predicted octanol–water partition coefficient (Wildman–Crippen LogP) is 0.907. The van der Waals surface area contributed by atoms with Gasteiger partial charge in [0, 0.05) is 26.2 Å². The Morgan fingerprint density at radius 3 is 2.46 bits per heavy atom. The van der Waals surface area contributed by atoms with Gasteiger partial charge in [-0.2, -0.15) is 0 Å². The first-order chi connectivity index (χ1) is 11.4. The number of hydrogen-bond acceptors (Lipinski definition) is 7. The predicted molar refractivity (Wildman–Crippen MR) is 90.5 cm³/mol. The fourth-order valence-corrected chi connectivity index (χ4v) is 3.43. The van der Waals surface area contributed by atoms with E-state index in [4.69, 9.17) is 4.74 Å². The molecule has 2 heterocycles. The maximum atomic E-state index is 11.7. The summed E-state index contributed by atoms with van der Waals surface area (Å²) in [5, 5.41) is 7.98. The van der Waals surface area contributed by atoms with Gasteiger partial charge in [0.25, 0.3) is 0 Å². The normalized spacial score (nSPS) is 15.2. The van der Waals surface area contributed by atoms with Crippen LogP contribution in [0.5, 0.6) is 0 Å². The Morgan fingerprint density at radius 1 is 1.21 bits per heavy atom. The number of piperazine rings is 1. The number of aromatic nitrogens is 2. The maximum Gasteiger partial charge on any atom is 0.409 e. The summed E-state index contributed by atoms with van der Waals surface area (Å²) in [4.78, 5) is 15.3. The molecule has 0 radical (unpaired) electrons. The molecule has 0 bridgehead atoms. The molecule has 0 unspecified atom stereocenters. The second kappa shape index (κ2) is 8.13. The molecule has 134 valence electrons.